The molecule has 2 rings (SSSR count). The van der Waals surface area contributed by atoms with Gasteiger partial charge in [-0.2, -0.15) is 5.10 Å². The molecule has 6 heteroatoms. The zero-order valence-electron chi connectivity index (χ0n) is 10.9. The van der Waals surface area contributed by atoms with E-state index in [9.17, 15) is 4.79 Å². The molecule has 0 spiro atoms. The lowest BCUT2D eigenvalue weighted by Crippen LogP contribution is -2.25. The third-order valence-corrected chi connectivity index (χ3v) is 2.97. The van der Waals surface area contributed by atoms with Gasteiger partial charge in [-0.1, -0.05) is 15.9 Å². The van der Waals surface area contributed by atoms with Crippen LogP contribution in [-0.2, 0) is 4.79 Å². The van der Waals surface area contributed by atoms with Crippen LogP contribution >= 0.6 is 15.9 Å². The van der Waals surface area contributed by atoms with Gasteiger partial charge in [-0.3, -0.25) is 4.79 Å². The second kappa shape index (κ2) is 6.91. The molecule has 0 radical (unpaired) electrons. The predicted octanol–water partition coefficient (Wildman–Crippen LogP) is 2.91. The molecule has 0 saturated carbocycles. The number of hydrogen-bond acceptors (Lipinski definition) is 4. The molecule has 0 aliphatic rings. The lowest BCUT2D eigenvalue weighted by Gasteiger charge is -2.04. The first-order valence-electron chi connectivity index (χ1n) is 6.01. The van der Waals surface area contributed by atoms with E-state index in [1.165, 1.54) is 6.21 Å². The van der Waals surface area contributed by atoms with E-state index in [1.54, 1.807) is 6.07 Å². The van der Waals surface area contributed by atoms with Gasteiger partial charge in [0.15, 0.2) is 0 Å². The average molecular weight is 336 g/mol. The number of anilines is 1. The monoisotopic (exact) mass is 335 g/mol. The molecule has 0 bridgehead atoms. The Morgan fingerprint density at radius 3 is 2.70 bits per heavy atom. The van der Waals surface area contributed by atoms with Crippen LogP contribution in [0.1, 0.15) is 11.5 Å². The van der Waals surface area contributed by atoms with E-state index >= 15 is 0 Å². The number of halogens is 1. The minimum atomic E-state index is -0.229. The SMILES string of the molecule is Cc1ccc(/C=N\NC(=O)CNc2ccc(Br)cc2)o1. The van der Waals surface area contributed by atoms with Crippen molar-refractivity contribution < 1.29 is 9.21 Å². The normalized spacial score (nSPS) is 10.7. The zero-order chi connectivity index (χ0) is 14.4. The highest BCUT2D eigenvalue weighted by Crippen LogP contribution is 2.13. The highest BCUT2D eigenvalue weighted by Gasteiger charge is 1.99. The second-order valence-electron chi connectivity index (χ2n) is 4.10. The van der Waals surface area contributed by atoms with Crippen molar-refractivity contribution in [3.63, 3.8) is 0 Å². The number of nitrogens with zero attached hydrogens (tertiary/aromatic N) is 1. The predicted molar refractivity (Wildman–Crippen MR) is 81.8 cm³/mol. The van der Waals surface area contributed by atoms with E-state index in [0.717, 1.165) is 15.9 Å². The maximum absolute atomic E-state index is 11.6. The highest BCUT2D eigenvalue weighted by molar-refractivity contribution is 9.10. The molecule has 20 heavy (non-hydrogen) atoms. The number of hydrazone groups is 1. The number of aryl methyl sites for hydroxylation is 1. The van der Waals surface area contributed by atoms with Gasteiger partial charge in [0.05, 0.1) is 12.8 Å². The van der Waals surface area contributed by atoms with Gasteiger partial charge in [0.2, 0.25) is 0 Å². The number of carbonyl (C=O) groups excluding carboxylic acids is 1. The minimum absolute atomic E-state index is 0.149. The molecule has 2 N–H and O–H groups in total. The van der Waals surface area contributed by atoms with E-state index in [0.29, 0.717) is 5.76 Å². The summed E-state index contributed by atoms with van der Waals surface area (Å²) < 4.78 is 6.28. The number of rotatable bonds is 5. The van der Waals surface area contributed by atoms with Crippen LogP contribution in [0.4, 0.5) is 5.69 Å². The van der Waals surface area contributed by atoms with Crippen LogP contribution in [0.25, 0.3) is 0 Å². The molecule has 5 nitrogen and oxygen atoms in total. The Labute approximate surface area is 125 Å². The Hall–Kier alpha value is -2.08. The van der Waals surface area contributed by atoms with Crippen molar-refractivity contribution in [2.45, 2.75) is 6.92 Å². The molecular weight excluding hydrogens is 322 g/mol. The van der Waals surface area contributed by atoms with Crippen molar-refractivity contribution >= 4 is 33.7 Å². The number of furan rings is 1. The number of amides is 1. The topological polar surface area (TPSA) is 66.6 Å². The van der Waals surface area contributed by atoms with Crippen LogP contribution in [0.3, 0.4) is 0 Å². The molecule has 1 aromatic heterocycles. The molecule has 0 atom stereocenters. The van der Waals surface area contributed by atoms with Crippen LogP contribution in [0.15, 0.2) is 50.4 Å². The van der Waals surface area contributed by atoms with Gasteiger partial charge in [0, 0.05) is 10.2 Å². The molecule has 0 unspecified atom stereocenters. The van der Waals surface area contributed by atoms with Gasteiger partial charge < -0.3 is 9.73 Å². The second-order valence-corrected chi connectivity index (χ2v) is 5.02. The Balaban J connectivity index is 1.75. The first-order valence-corrected chi connectivity index (χ1v) is 6.80. The Morgan fingerprint density at radius 2 is 2.05 bits per heavy atom. The van der Waals surface area contributed by atoms with Crippen molar-refractivity contribution in [2.75, 3.05) is 11.9 Å². The number of nitrogens with one attached hydrogen (secondary N) is 2. The zero-order valence-corrected chi connectivity index (χ0v) is 12.5. The summed E-state index contributed by atoms with van der Waals surface area (Å²) >= 11 is 3.35. The number of benzene rings is 1. The van der Waals surface area contributed by atoms with Crippen LogP contribution in [-0.4, -0.2) is 18.7 Å². The van der Waals surface area contributed by atoms with Crippen molar-refractivity contribution in [2.24, 2.45) is 5.10 Å². The lowest BCUT2D eigenvalue weighted by atomic mass is 10.3. The molecule has 0 saturated heterocycles. The quantitative estimate of drug-likeness (QED) is 0.652. The fourth-order valence-electron chi connectivity index (χ4n) is 1.48. The summed E-state index contributed by atoms with van der Waals surface area (Å²) in [6, 6.07) is 11.2. The molecule has 1 heterocycles. The smallest absolute Gasteiger partial charge is 0.259 e. The van der Waals surface area contributed by atoms with E-state index in [-0.39, 0.29) is 12.5 Å². The van der Waals surface area contributed by atoms with E-state index in [4.69, 9.17) is 4.42 Å². The molecule has 0 aliphatic heterocycles. The maximum Gasteiger partial charge on any atom is 0.259 e. The summed E-state index contributed by atoms with van der Waals surface area (Å²) in [7, 11) is 0. The van der Waals surface area contributed by atoms with Crippen LogP contribution in [0, 0.1) is 6.92 Å². The van der Waals surface area contributed by atoms with Crippen LogP contribution < -0.4 is 10.7 Å². The minimum Gasteiger partial charge on any atom is -0.460 e. The maximum atomic E-state index is 11.6. The van der Waals surface area contributed by atoms with E-state index < -0.39 is 0 Å². The van der Waals surface area contributed by atoms with Crippen LogP contribution in [0.2, 0.25) is 0 Å². The summed E-state index contributed by atoms with van der Waals surface area (Å²) in [5.41, 5.74) is 3.29. The molecule has 104 valence electrons. The number of carbonyl (C=O) groups is 1. The fourth-order valence-corrected chi connectivity index (χ4v) is 1.74. The first-order chi connectivity index (χ1) is 9.63. The van der Waals surface area contributed by atoms with Gasteiger partial charge in [-0.25, -0.2) is 5.43 Å². The molecular formula is C14H14BrN3O2. The molecule has 1 amide bonds. The lowest BCUT2D eigenvalue weighted by molar-refractivity contribution is -0.119. The third kappa shape index (κ3) is 4.55. The summed E-state index contributed by atoms with van der Waals surface area (Å²) in [5.74, 6) is 1.17. The van der Waals surface area contributed by atoms with Crippen LogP contribution in [0.5, 0.6) is 0 Å². The number of hydrogen-bond donors (Lipinski definition) is 2. The summed E-state index contributed by atoms with van der Waals surface area (Å²) in [6.45, 7) is 1.99. The Kier molecular flexibility index (Phi) is 4.95. The van der Waals surface area contributed by atoms with Gasteiger partial charge in [-0.15, -0.1) is 0 Å². The van der Waals surface area contributed by atoms with Crippen molar-refractivity contribution in [1.29, 1.82) is 0 Å². The molecule has 2 aromatic rings. The van der Waals surface area contributed by atoms with Gasteiger partial charge in [-0.05, 0) is 43.3 Å². The van der Waals surface area contributed by atoms with Crippen molar-refractivity contribution in [3.05, 3.63) is 52.4 Å². The summed E-state index contributed by atoms with van der Waals surface area (Å²) in [5, 5.41) is 6.81. The summed E-state index contributed by atoms with van der Waals surface area (Å²) in [4.78, 5) is 11.6. The highest BCUT2D eigenvalue weighted by atomic mass is 79.9. The van der Waals surface area contributed by atoms with E-state index in [2.05, 4.69) is 31.8 Å². The van der Waals surface area contributed by atoms with Crippen molar-refractivity contribution in [3.8, 4) is 0 Å². The Bertz CT molecular complexity index is 605. The standard InChI is InChI=1S/C14H14BrN3O2/c1-10-2-7-13(20-10)8-17-18-14(19)9-16-12-5-3-11(15)4-6-12/h2-8,16H,9H2,1H3,(H,18,19)/b17-8-. The van der Waals surface area contributed by atoms with Gasteiger partial charge >= 0.3 is 0 Å². The molecule has 0 fully saturated rings. The third-order valence-electron chi connectivity index (χ3n) is 2.44. The first kappa shape index (κ1) is 14.3. The van der Waals surface area contributed by atoms with E-state index in [1.807, 2.05) is 37.3 Å². The Morgan fingerprint density at radius 1 is 1.30 bits per heavy atom. The average Bonchev–Trinajstić information content (AvgIpc) is 2.84. The molecule has 1 aromatic carbocycles. The van der Waals surface area contributed by atoms with Gasteiger partial charge in [0.25, 0.3) is 5.91 Å². The van der Waals surface area contributed by atoms with Gasteiger partial charge in [0.1, 0.15) is 11.5 Å². The fraction of sp³-hybridized carbons (Fsp3) is 0.143. The molecule has 0 aliphatic carbocycles. The summed E-state index contributed by atoms with van der Waals surface area (Å²) in [6.07, 6.45) is 1.46. The van der Waals surface area contributed by atoms with Crippen molar-refractivity contribution in [1.82, 2.24) is 5.43 Å². The largest absolute Gasteiger partial charge is 0.460 e.